The lowest BCUT2D eigenvalue weighted by Crippen LogP contribution is -2.08. The molecule has 0 saturated heterocycles. The van der Waals surface area contributed by atoms with E-state index in [0.717, 1.165) is 17.6 Å². The summed E-state index contributed by atoms with van der Waals surface area (Å²) < 4.78 is 4.74. The second-order valence-corrected chi connectivity index (χ2v) is 4.12. The van der Waals surface area contributed by atoms with Gasteiger partial charge in [-0.1, -0.05) is 31.2 Å². The number of allylic oxidation sites excluding steroid dienone is 4. The van der Waals surface area contributed by atoms with Gasteiger partial charge in [-0.05, 0) is 24.0 Å². The zero-order chi connectivity index (χ0) is 12.3. The molecule has 0 aliphatic heterocycles. The highest BCUT2D eigenvalue weighted by atomic mass is 16.5. The monoisotopic (exact) mass is 229 g/mol. The van der Waals surface area contributed by atoms with Gasteiger partial charge >= 0.3 is 5.97 Å². The summed E-state index contributed by atoms with van der Waals surface area (Å²) in [5.74, 6) is 0.158. The van der Waals surface area contributed by atoms with E-state index in [1.165, 1.54) is 7.11 Å². The Balaban J connectivity index is 2.39. The molecule has 3 nitrogen and oxygen atoms in total. The van der Waals surface area contributed by atoms with Crippen LogP contribution in [0.4, 0.5) is 0 Å². The van der Waals surface area contributed by atoms with Crippen molar-refractivity contribution in [3.05, 3.63) is 47.8 Å². The number of carbonyl (C=O) groups is 1. The smallest absolute Gasteiger partial charge is 0.357 e. The number of ether oxygens (including phenoxy) is 1. The molecule has 1 unspecified atom stereocenters. The van der Waals surface area contributed by atoms with Crippen molar-refractivity contribution in [2.45, 2.75) is 13.3 Å². The average Bonchev–Trinajstić information content (AvgIpc) is 2.39. The molecule has 0 saturated carbocycles. The van der Waals surface area contributed by atoms with Crippen molar-refractivity contribution in [1.29, 1.82) is 0 Å². The lowest BCUT2D eigenvalue weighted by atomic mass is 9.93. The number of hydrogen-bond donors (Lipinski definition) is 0. The van der Waals surface area contributed by atoms with Crippen molar-refractivity contribution in [3.63, 3.8) is 0 Å². The van der Waals surface area contributed by atoms with E-state index in [1.807, 2.05) is 18.2 Å². The maximum absolute atomic E-state index is 11.6. The van der Waals surface area contributed by atoms with Crippen LogP contribution in [0.1, 0.15) is 29.4 Å². The first-order valence-electron chi connectivity index (χ1n) is 5.64. The molecule has 3 heteroatoms. The van der Waals surface area contributed by atoms with E-state index >= 15 is 0 Å². The lowest BCUT2D eigenvalue weighted by molar-refractivity contribution is 0.0593. The normalized spacial score (nSPS) is 18.7. The molecule has 88 valence electrons. The first-order valence-corrected chi connectivity index (χ1v) is 5.64. The van der Waals surface area contributed by atoms with Crippen molar-refractivity contribution in [2.24, 2.45) is 5.92 Å². The molecule has 0 amide bonds. The zero-order valence-corrected chi connectivity index (χ0v) is 10.0. The van der Waals surface area contributed by atoms with Crippen LogP contribution in [0.15, 0.2) is 36.6 Å². The van der Waals surface area contributed by atoms with E-state index < -0.39 is 5.97 Å². The minimum absolute atomic E-state index is 0.375. The van der Waals surface area contributed by atoms with Crippen LogP contribution in [0, 0.1) is 5.92 Å². The molecule has 0 fully saturated rings. The SMILES string of the molecule is COC(=O)c1ncccc1C1=CCC(C)C=C1. The largest absolute Gasteiger partial charge is 0.464 e. The predicted octanol–water partition coefficient (Wildman–Crippen LogP) is 2.85. The molecular weight excluding hydrogens is 214 g/mol. The Kier molecular flexibility index (Phi) is 3.38. The van der Waals surface area contributed by atoms with E-state index in [2.05, 4.69) is 24.1 Å². The minimum Gasteiger partial charge on any atom is -0.464 e. The van der Waals surface area contributed by atoms with Crippen molar-refractivity contribution >= 4 is 11.5 Å². The van der Waals surface area contributed by atoms with Crippen LogP contribution in [0.25, 0.3) is 5.57 Å². The highest BCUT2D eigenvalue weighted by Gasteiger charge is 2.16. The number of pyridine rings is 1. The van der Waals surface area contributed by atoms with E-state index in [-0.39, 0.29) is 0 Å². The van der Waals surface area contributed by atoms with Gasteiger partial charge in [-0.15, -0.1) is 0 Å². The van der Waals surface area contributed by atoms with Gasteiger partial charge in [0, 0.05) is 11.8 Å². The zero-order valence-electron chi connectivity index (χ0n) is 10.0. The summed E-state index contributed by atoms with van der Waals surface area (Å²) in [4.78, 5) is 15.7. The number of aromatic nitrogens is 1. The molecule has 1 heterocycles. The molecule has 0 radical (unpaired) electrons. The quantitative estimate of drug-likeness (QED) is 0.732. The van der Waals surface area contributed by atoms with Gasteiger partial charge in [0.05, 0.1) is 7.11 Å². The number of hydrogen-bond acceptors (Lipinski definition) is 3. The highest BCUT2D eigenvalue weighted by molar-refractivity contribution is 5.95. The molecule has 1 aromatic heterocycles. The van der Waals surface area contributed by atoms with Gasteiger partial charge in [-0.2, -0.15) is 0 Å². The average molecular weight is 229 g/mol. The number of nitrogens with zero attached hydrogens (tertiary/aromatic N) is 1. The summed E-state index contributed by atoms with van der Waals surface area (Å²) in [7, 11) is 1.37. The molecule has 1 aromatic rings. The van der Waals surface area contributed by atoms with Crippen LogP contribution in [0.3, 0.4) is 0 Å². The Morgan fingerprint density at radius 1 is 1.53 bits per heavy atom. The summed E-state index contributed by atoms with van der Waals surface area (Å²) in [5, 5.41) is 0. The Morgan fingerprint density at radius 3 is 3.00 bits per heavy atom. The van der Waals surface area contributed by atoms with Crippen LogP contribution in [-0.4, -0.2) is 18.1 Å². The topological polar surface area (TPSA) is 39.2 Å². The molecular formula is C14H15NO2. The first kappa shape index (κ1) is 11.6. The predicted molar refractivity (Wildman–Crippen MR) is 66.5 cm³/mol. The van der Waals surface area contributed by atoms with Crippen LogP contribution in [0.5, 0.6) is 0 Å². The van der Waals surface area contributed by atoms with E-state index in [9.17, 15) is 4.79 Å². The van der Waals surface area contributed by atoms with Crippen LogP contribution in [0.2, 0.25) is 0 Å². The van der Waals surface area contributed by atoms with Crippen molar-refractivity contribution in [3.8, 4) is 0 Å². The molecule has 2 rings (SSSR count). The Morgan fingerprint density at radius 2 is 2.35 bits per heavy atom. The molecule has 0 spiro atoms. The second-order valence-electron chi connectivity index (χ2n) is 4.12. The Hall–Kier alpha value is -1.90. The summed E-state index contributed by atoms with van der Waals surface area (Å²) in [6.45, 7) is 2.16. The van der Waals surface area contributed by atoms with Crippen molar-refractivity contribution < 1.29 is 9.53 Å². The van der Waals surface area contributed by atoms with Gasteiger partial charge in [-0.25, -0.2) is 9.78 Å². The fourth-order valence-electron chi connectivity index (χ4n) is 1.82. The third-order valence-electron chi connectivity index (χ3n) is 2.81. The molecule has 1 aliphatic carbocycles. The van der Waals surface area contributed by atoms with Gasteiger partial charge in [0.2, 0.25) is 0 Å². The Labute approximate surface area is 101 Å². The van der Waals surface area contributed by atoms with Gasteiger partial charge in [0.1, 0.15) is 0 Å². The third kappa shape index (κ3) is 2.44. The van der Waals surface area contributed by atoms with Crippen LogP contribution < -0.4 is 0 Å². The number of esters is 1. The van der Waals surface area contributed by atoms with Gasteiger partial charge in [0.15, 0.2) is 5.69 Å². The minimum atomic E-state index is -0.395. The number of rotatable bonds is 2. The molecule has 0 bridgehead atoms. The van der Waals surface area contributed by atoms with Crippen molar-refractivity contribution in [2.75, 3.05) is 7.11 Å². The fraction of sp³-hybridized carbons (Fsp3) is 0.286. The van der Waals surface area contributed by atoms with Crippen molar-refractivity contribution in [1.82, 2.24) is 4.98 Å². The third-order valence-corrected chi connectivity index (χ3v) is 2.81. The molecule has 17 heavy (non-hydrogen) atoms. The number of methoxy groups -OCH3 is 1. The van der Waals surface area contributed by atoms with Gasteiger partial charge in [-0.3, -0.25) is 0 Å². The Bertz CT molecular complexity index is 489. The molecule has 0 N–H and O–H groups in total. The summed E-state index contributed by atoms with van der Waals surface area (Å²) in [5.41, 5.74) is 2.25. The first-order chi connectivity index (χ1) is 8.22. The standard InChI is InChI=1S/C14H15NO2/c1-10-5-7-11(8-6-10)12-4-3-9-15-13(12)14(16)17-2/h3-5,7-10H,6H2,1-2H3. The molecule has 0 aromatic carbocycles. The lowest BCUT2D eigenvalue weighted by Gasteiger charge is -2.13. The highest BCUT2D eigenvalue weighted by Crippen LogP contribution is 2.25. The van der Waals surface area contributed by atoms with E-state index in [0.29, 0.717) is 11.6 Å². The summed E-state index contributed by atoms with van der Waals surface area (Å²) in [6.07, 6.45) is 8.90. The molecule has 1 aliphatic rings. The molecule has 1 atom stereocenters. The summed E-state index contributed by atoms with van der Waals surface area (Å²) in [6, 6.07) is 3.72. The van der Waals surface area contributed by atoms with Crippen LogP contribution in [-0.2, 0) is 4.74 Å². The van der Waals surface area contributed by atoms with E-state index in [4.69, 9.17) is 4.74 Å². The second kappa shape index (κ2) is 4.95. The number of carbonyl (C=O) groups excluding carboxylic acids is 1. The van der Waals surface area contributed by atoms with E-state index in [1.54, 1.807) is 6.20 Å². The van der Waals surface area contributed by atoms with Gasteiger partial charge in [0.25, 0.3) is 0 Å². The summed E-state index contributed by atoms with van der Waals surface area (Å²) >= 11 is 0. The maximum Gasteiger partial charge on any atom is 0.357 e. The van der Waals surface area contributed by atoms with Crippen LogP contribution >= 0.6 is 0 Å². The maximum atomic E-state index is 11.6. The fourth-order valence-corrected chi connectivity index (χ4v) is 1.82. The van der Waals surface area contributed by atoms with Gasteiger partial charge < -0.3 is 4.74 Å².